The molecule has 0 aliphatic carbocycles. The van der Waals surface area contributed by atoms with Crippen LogP contribution >= 0.6 is 11.8 Å². The van der Waals surface area contributed by atoms with Gasteiger partial charge < -0.3 is 0 Å². The molecule has 0 fully saturated rings. The lowest BCUT2D eigenvalue weighted by atomic mass is 10.1. The predicted octanol–water partition coefficient (Wildman–Crippen LogP) is 4.01. The first kappa shape index (κ1) is 17.1. The zero-order valence-corrected chi connectivity index (χ0v) is 14.7. The maximum atomic E-state index is 12.4. The Morgan fingerprint density at radius 1 is 1.05 bits per heavy atom. The van der Waals surface area contributed by atoms with Crippen LogP contribution in [0.15, 0.2) is 58.3 Å². The summed E-state index contributed by atoms with van der Waals surface area (Å²) >= 11 is 1.59. The summed E-state index contributed by atoms with van der Waals surface area (Å²) in [4.78, 5) is 1.34. The van der Waals surface area contributed by atoms with Crippen molar-refractivity contribution in [2.45, 2.75) is 36.1 Å². The Morgan fingerprint density at radius 3 is 2.14 bits per heavy atom. The second-order valence-electron chi connectivity index (χ2n) is 5.11. The lowest BCUT2D eigenvalue weighted by molar-refractivity contribution is 0.567. The Balaban J connectivity index is 2.15. The summed E-state index contributed by atoms with van der Waals surface area (Å²) in [5.74, 6) is 0. The number of thioether (sulfide) groups is 1. The van der Waals surface area contributed by atoms with E-state index >= 15 is 0 Å². The molecule has 0 aliphatic heterocycles. The molecule has 0 bridgehead atoms. The van der Waals surface area contributed by atoms with Gasteiger partial charge in [0.15, 0.2) is 0 Å². The van der Waals surface area contributed by atoms with Crippen molar-refractivity contribution in [1.29, 1.82) is 0 Å². The second-order valence-corrected chi connectivity index (χ2v) is 7.71. The van der Waals surface area contributed by atoms with Crippen molar-refractivity contribution in [1.82, 2.24) is 4.72 Å². The SMILES string of the molecule is CCc1ccc([C@H](C)NS(=O)(=O)c2ccc(SC)cc2)cc1. The van der Waals surface area contributed by atoms with Crippen molar-refractivity contribution >= 4 is 21.8 Å². The number of aryl methyl sites for hydroxylation is 1. The van der Waals surface area contributed by atoms with E-state index in [1.165, 1.54) is 5.56 Å². The molecule has 0 saturated carbocycles. The van der Waals surface area contributed by atoms with Crippen LogP contribution in [-0.4, -0.2) is 14.7 Å². The molecule has 0 heterocycles. The molecule has 2 aromatic rings. The van der Waals surface area contributed by atoms with E-state index in [4.69, 9.17) is 0 Å². The van der Waals surface area contributed by atoms with Gasteiger partial charge in [-0.15, -0.1) is 11.8 Å². The molecule has 1 N–H and O–H groups in total. The molecule has 0 radical (unpaired) electrons. The first-order chi connectivity index (χ1) is 10.5. The third kappa shape index (κ3) is 4.12. The molecule has 0 aliphatic rings. The smallest absolute Gasteiger partial charge is 0.207 e. The van der Waals surface area contributed by atoms with E-state index in [2.05, 4.69) is 11.6 Å². The van der Waals surface area contributed by atoms with Gasteiger partial charge in [0.1, 0.15) is 0 Å². The molecule has 2 aromatic carbocycles. The highest BCUT2D eigenvalue weighted by Gasteiger charge is 2.18. The summed E-state index contributed by atoms with van der Waals surface area (Å²) in [6, 6.07) is 14.7. The highest BCUT2D eigenvalue weighted by atomic mass is 32.2. The Morgan fingerprint density at radius 2 is 1.64 bits per heavy atom. The van der Waals surface area contributed by atoms with Crippen molar-refractivity contribution in [2.75, 3.05) is 6.26 Å². The van der Waals surface area contributed by atoms with E-state index in [9.17, 15) is 8.42 Å². The maximum absolute atomic E-state index is 12.4. The largest absolute Gasteiger partial charge is 0.241 e. The zero-order valence-electron chi connectivity index (χ0n) is 13.0. The minimum Gasteiger partial charge on any atom is -0.207 e. The lowest BCUT2D eigenvalue weighted by Crippen LogP contribution is -2.26. The van der Waals surface area contributed by atoms with Crippen LogP contribution in [0.1, 0.15) is 31.0 Å². The fourth-order valence-electron chi connectivity index (χ4n) is 2.17. The first-order valence-electron chi connectivity index (χ1n) is 7.21. The fraction of sp³-hybridized carbons (Fsp3) is 0.294. The van der Waals surface area contributed by atoms with Crippen LogP contribution in [-0.2, 0) is 16.4 Å². The van der Waals surface area contributed by atoms with Gasteiger partial charge in [-0.2, -0.15) is 0 Å². The highest BCUT2D eigenvalue weighted by molar-refractivity contribution is 7.98. The van der Waals surface area contributed by atoms with E-state index in [1.54, 1.807) is 23.9 Å². The van der Waals surface area contributed by atoms with Crippen LogP contribution in [0.4, 0.5) is 0 Å². The number of hydrogen-bond donors (Lipinski definition) is 1. The Bertz CT molecular complexity index is 707. The van der Waals surface area contributed by atoms with Gasteiger partial charge in [0, 0.05) is 10.9 Å². The van der Waals surface area contributed by atoms with Crippen molar-refractivity contribution in [2.24, 2.45) is 0 Å². The lowest BCUT2D eigenvalue weighted by Gasteiger charge is -2.15. The van der Waals surface area contributed by atoms with Gasteiger partial charge >= 0.3 is 0 Å². The topological polar surface area (TPSA) is 46.2 Å². The summed E-state index contributed by atoms with van der Waals surface area (Å²) in [5.41, 5.74) is 2.20. The molecular formula is C17H21NO2S2. The monoisotopic (exact) mass is 335 g/mol. The fourth-order valence-corrected chi connectivity index (χ4v) is 3.81. The summed E-state index contributed by atoms with van der Waals surface area (Å²) in [6.45, 7) is 3.95. The standard InChI is InChI=1S/C17H21NO2S2/c1-4-14-5-7-15(8-6-14)13(2)18-22(19,20)17-11-9-16(21-3)10-12-17/h5-13,18H,4H2,1-3H3/t13-/m0/s1. The van der Waals surface area contributed by atoms with Crippen molar-refractivity contribution in [3.8, 4) is 0 Å². The minimum absolute atomic E-state index is 0.267. The quantitative estimate of drug-likeness (QED) is 0.811. The normalized spacial score (nSPS) is 13.0. The van der Waals surface area contributed by atoms with Crippen molar-refractivity contribution < 1.29 is 8.42 Å². The molecule has 0 aromatic heterocycles. The van der Waals surface area contributed by atoms with Crippen LogP contribution in [0.2, 0.25) is 0 Å². The van der Waals surface area contributed by atoms with Crippen molar-refractivity contribution in [3.05, 3.63) is 59.7 Å². The predicted molar refractivity (Wildman–Crippen MR) is 92.8 cm³/mol. The van der Waals surface area contributed by atoms with Crippen molar-refractivity contribution in [3.63, 3.8) is 0 Å². The van der Waals surface area contributed by atoms with Gasteiger partial charge in [-0.3, -0.25) is 0 Å². The zero-order chi connectivity index (χ0) is 16.2. The molecule has 1 atom stereocenters. The van der Waals surface area contributed by atoms with Crippen LogP contribution in [0.3, 0.4) is 0 Å². The Kier molecular flexibility index (Phi) is 5.67. The minimum atomic E-state index is -3.51. The van der Waals surface area contributed by atoms with Gasteiger partial charge in [-0.1, -0.05) is 31.2 Å². The van der Waals surface area contributed by atoms with Gasteiger partial charge in [-0.05, 0) is 55.0 Å². The summed E-state index contributed by atoms with van der Waals surface area (Å²) < 4.78 is 27.6. The molecule has 2 rings (SSSR count). The van der Waals surface area contributed by atoms with Crippen LogP contribution in [0.5, 0.6) is 0 Å². The number of nitrogens with one attached hydrogen (secondary N) is 1. The molecule has 22 heavy (non-hydrogen) atoms. The Labute approximate surface area is 137 Å². The molecule has 0 spiro atoms. The average molecular weight is 335 g/mol. The molecule has 0 saturated heterocycles. The highest BCUT2D eigenvalue weighted by Crippen LogP contribution is 2.20. The van der Waals surface area contributed by atoms with Gasteiger partial charge in [0.05, 0.1) is 4.90 Å². The number of sulfonamides is 1. The van der Waals surface area contributed by atoms with E-state index in [-0.39, 0.29) is 6.04 Å². The van der Waals surface area contributed by atoms with Gasteiger partial charge in [-0.25, -0.2) is 13.1 Å². The Hall–Kier alpha value is -1.30. The van der Waals surface area contributed by atoms with Crippen LogP contribution in [0, 0.1) is 0 Å². The average Bonchev–Trinajstić information content (AvgIpc) is 2.54. The molecule has 118 valence electrons. The number of rotatable bonds is 6. The third-order valence-corrected chi connectivity index (χ3v) is 5.89. The summed E-state index contributed by atoms with van der Waals surface area (Å²) in [6.07, 6.45) is 2.94. The number of benzene rings is 2. The summed E-state index contributed by atoms with van der Waals surface area (Å²) in [7, 11) is -3.51. The third-order valence-electron chi connectivity index (χ3n) is 3.59. The summed E-state index contributed by atoms with van der Waals surface area (Å²) in [5, 5.41) is 0. The van der Waals surface area contributed by atoms with Gasteiger partial charge in [0.25, 0.3) is 0 Å². The molecule has 3 nitrogen and oxygen atoms in total. The first-order valence-corrected chi connectivity index (χ1v) is 9.92. The molecule has 0 unspecified atom stereocenters. The number of hydrogen-bond acceptors (Lipinski definition) is 3. The molecular weight excluding hydrogens is 314 g/mol. The van der Waals surface area contributed by atoms with Gasteiger partial charge in [0.2, 0.25) is 10.0 Å². The van der Waals surface area contributed by atoms with E-state index < -0.39 is 10.0 Å². The second kappa shape index (κ2) is 7.31. The molecule has 5 heteroatoms. The van der Waals surface area contributed by atoms with Crippen LogP contribution < -0.4 is 4.72 Å². The van der Waals surface area contributed by atoms with E-state index in [0.29, 0.717) is 4.90 Å². The molecule has 0 amide bonds. The maximum Gasteiger partial charge on any atom is 0.241 e. The van der Waals surface area contributed by atoms with E-state index in [1.807, 2.05) is 49.6 Å². The van der Waals surface area contributed by atoms with Crippen LogP contribution in [0.25, 0.3) is 0 Å². The van der Waals surface area contributed by atoms with E-state index in [0.717, 1.165) is 16.9 Å².